The summed E-state index contributed by atoms with van der Waals surface area (Å²) in [5.74, 6) is 2.60. The first-order chi connectivity index (χ1) is 11.8. The van der Waals surface area contributed by atoms with Gasteiger partial charge in [-0.15, -0.1) is 0 Å². The van der Waals surface area contributed by atoms with Crippen LogP contribution >= 0.6 is 0 Å². The van der Waals surface area contributed by atoms with Crippen molar-refractivity contribution in [1.29, 1.82) is 0 Å². The summed E-state index contributed by atoms with van der Waals surface area (Å²) < 4.78 is 5.35. The second kappa shape index (κ2) is 6.91. The van der Waals surface area contributed by atoms with Gasteiger partial charge in [0.1, 0.15) is 11.9 Å². The molecule has 4 heteroatoms. The molecule has 3 aliphatic rings. The minimum atomic E-state index is -0.611. The van der Waals surface area contributed by atoms with Gasteiger partial charge < -0.3 is 14.4 Å². The monoisotopic (exact) mass is 331 g/mol. The van der Waals surface area contributed by atoms with Crippen molar-refractivity contribution in [2.45, 2.75) is 69.9 Å². The summed E-state index contributed by atoms with van der Waals surface area (Å²) in [6.45, 7) is 0.865. The van der Waals surface area contributed by atoms with E-state index in [-0.39, 0.29) is 12.0 Å². The summed E-state index contributed by atoms with van der Waals surface area (Å²) in [5, 5.41) is 10.5. The smallest absolute Gasteiger partial charge is 0.226 e. The van der Waals surface area contributed by atoms with E-state index in [1.807, 2.05) is 12.1 Å². The summed E-state index contributed by atoms with van der Waals surface area (Å²) in [6, 6.07) is 3.79. The van der Waals surface area contributed by atoms with Gasteiger partial charge in [0, 0.05) is 24.9 Å². The lowest BCUT2D eigenvalue weighted by atomic mass is 10.0. The SMILES string of the molecule is O=C(C1C2CCCCC21)N1CCCCCC1CC(O)c1ccco1. The van der Waals surface area contributed by atoms with Crippen LogP contribution in [0.25, 0.3) is 0 Å². The Morgan fingerprint density at radius 1 is 1.17 bits per heavy atom. The second-order valence-electron chi connectivity index (χ2n) is 7.94. The van der Waals surface area contributed by atoms with Crippen LogP contribution in [0, 0.1) is 17.8 Å². The maximum Gasteiger partial charge on any atom is 0.226 e. The third-order valence-electron chi connectivity index (χ3n) is 6.47. The molecule has 1 saturated heterocycles. The van der Waals surface area contributed by atoms with Gasteiger partial charge in [0.2, 0.25) is 5.91 Å². The van der Waals surface area contributed by atoms with Crippen LogP contribution in [-0.2, 0) is 4.79 Å². The van der Waals surface area contributed by atoms with E-state index >= 15 is 0 Å². The van der Waals surface area contributed by atoms with Gasteiger partial charge in [-0.05, 0) is 49.7 Å². The molecule has 0 aromatic carbocycles. The van der Waals surface area contributed by atoms with Gasteiger partial charge in [-0.2, -0.15) is 0 Å². The van der Waals surface area contributed by atoms with Crippen molar-refractivity contribution in [3.05, 3.63) is 24.2 Å². The zero-order valence-electron chi connectivity index (χ0n) is 14.4. The van der Waals surface area contributed by atoms with E-state index in [9.17, 15) is 9.90 Å². The molecular formula is C20H29NO3. The average Bonchev–Trinajstić information content (AvgIpc) is 3.16. The minimum Gasteiger partial charge on any atom is -0.467 e. The Kier molecular flexibility index (Phi) is 4.66. The number of hydrogen-bond donors (Lipinski definition) is 1. The molecule has 132 valence electrons. The van der Waals surface area contributed by atoms with Gasteiger partial charge in [0.25, 0.3) is 0 Å². The van der Waals surface area contributed by atoms with Crippen LogP contribution in [0.1, 0.15) is 69.7 Å². The zero-order valence-corrected chi connectivity index (χ0v) is 14.4. The molecule has 2 saturated carbocycles. The van der Waals surface area contributed by atoms with Crippen LogP contribution in [0.5, 0.6) is 0 Å². The van der Waals surface area contributed by atoms with Gasteiger partial charge in [0.15, 0.2) is 0 Å². The lowest BCUT2D eigenvalue weighted by molar-refractivity contribution is -0.136. The quantitative estimate of drug-likeness (QED) is 0.910. The van der Waals surface area contributed by atoms with E-state index in [1.165, 1.54) is 32.1 Å². The molecule has 1 aromatic heterocycles. The summed E-state index contributed by atoms with van der Waals surface area (Å²) >= 11 is 0. The van der Waals surface area contributed by atoms with Gasteiger partial charge in [-0.25, -0.2) is 0 Å². The van der Waals surface area contributed by atoms with Crippen molar-refractivity contribution in [1.82, 2.24) is 4.90 Å². The third-order valence-corrected chi connectivity index (χ3v) is 6.47. The largest absolute Gasteiger partial charge is 0.467 e. The summed E-state index contributed by atoms with van der Waals surface area (Å²) in [6.07, 6.45) is 11.1. The number of likely N-dealkylation sites (tertiary alicyclic amines) is 1. The van der Waals surface area contributed by atoms with Gasteiger partial charge in [-0.1, -0.05) is 25.7 Å². The van der Waals surface area contributed by atoms with Crippen LogP contribution in [0.15, 0.2) is 22.8 Å². The first-order valence-electron chi connectivity index (χ1n) is 9.77. The maximum absolute atomic E-state index is 13.2. The fourth-order valence-electron chi connectivity index (χ4n) is 5.12. The minimum absolute atomic E-state index is 0.155. The number of rotatable bonds is 4. The fraction of sp³-hybridized carbons (Fsp3) is 0.750. The van der Waals surface area contributed by atoms with Crippen LogP contribution in [0.3, 0.4) is 0 Å². The van der Waals surface area contributed by atoms with Crippen molar-refractivity contribution >= 4 is 5.91 Å². The number of nitrogens with zero attached hydrogens (tertiary/aromatic N) is 1. The maximum atomic E-state index is 13.2. The Morgan fingerprint density at radius 3 is 2.62 bits per heavy atom. The molecule has 1 amide bonds. The molecule has 0 radical (unpaired) electrons. The molecule has 4 nitrogen and oxygen atoms in total. The van der Waals surface area contributed by atoms with Crippen molar-refractivity contribution in [3.8, 4) is 0 Å². The highest BCUT2D eigenvalue weighted by molar-refractivity contribution is 5.82. The first-order valence-corrected chi connectivity index (χ1v) is 9.77. The van der Waals surface area contributed by atoms with E-state index in [0.717, 1.165) is 25.8 Å². The predicted octanol–water partition coefficient (Wildman–Crippen LogP) is 3.91. The van der Waals surface area contributed by atoms with Crippen molar-refractivity contribution in [2.24, 2.45) is 17.8 Å². The normalized spacial score (nSPS) is 34.3. The number of aliphatic hydroxyl groups is 1. The van der Waals surface area contributed by atoms with E-state index < -0.39 is 6.10 Å². The molecule has 2 heterocycles. The lowest BCUT2D eigenvalue weighted by Crippen LogP contribution is -2.42. The van der Waals surface area contributed by atoms with Crippen molar-refractivity contribution < 1.29 is 14.3 Å². The first kappa shape index (κ1) is 16.2. The standard InChI is InChI=1S/C20H29NO3/c22-17(18-10-6-12-24-18)13-14-7-2-1-5-11-21(14)20(23)19-15-8-3-4-9-16(15)19/h6,10,12,14-17,19,22H,1-5,7-9,11,13H2. The Balaban J connectivity index is 1.45. The molecule has 0 bridgehead atoms. The van der Waals surface area contributed by atoms with Crippen LogP contribution in [0.4, 0.5) is 0 Å². The molecule has 24 heavy (non-hydrogen) atoms. The van der Waals surface area contributed by atoms with Gasteiger partial charge in [-0.3, -0.25) is 4.79 Å². The van der Waals surface area contributed by atoms with Crippen LogP contribution in [-0.4, -0.2) is 28.5 Å². The molecule has 2 aliphatic carbocycles. The van der Waals surface area contributed by atoms with Crippen molar-refractivity contribution in [3.63, 3.8) is 0 Å². The van der Waals surface area contributed by atoms with E-state index in [2.05, 4.69) is 4.90 Å². The number of fused-ring (bicyclic) bond motifs is 1. The Bertz CT molecular complexity index is 543. The Labute approximate surface area is 144 Å². The molecule has 4 unspecified atom stereocenters. The average molecular weight is 331 g/mol. The predicted molar refractivity (Wildman–Crippen MR) is 91.2 cm³/mol. The van der Waals surface area contributed by atoms with Crippen LogP contribution in [0.2, 0.25) is 0 Å². The molecular weight excluding hydrogens is 302 g/mol. The van der Waals surface area contributed by atoms with E-state index in [4.69, 9.17) is 4.42 Å². The number of hydrogen-bond acceptors (Lipinski definition) is 3. The number of carbonyl (C=O) groups excluding carboxylic acids is 1. The molecule has 0 spiro atoms. The van der Waals surface area contributed by atoms with Crippen LogP contribution < -0.4 is 0 Å². The molecule has 1 aliphatic heterocycles. The second-order valence-corrected chi connectivity index (χ2v) is 7.94. The zero-order chi connectivity index (χ0) is 16.5. The Morgan fingerprint density at radius 2 is 1.92 bits per heavy atom. The third kappa shape index (κ3) is 3.13. The summed E-state index contributed by atoms with van der Waals surface area (Å²) in [7, 11) is 0. The number of amides is 1. The summed E-state index contributed by atoms with van der Waals surface area (Å²) in [4.78, 5) is 15.3. The van der Waals surface area contributed by atoms with Gasteiger partial charge in [0.05, 0.1) is 6.26 Å². The number of aliphatic hydroxyl groups excluding tert-OH is 1. The van der Waals surface area contributed by atoms with Gasteiger partial charge >= 0.3 is 0 Å². The Hall–Kier alpha value is -1.29. The molecule has 1 aromatic rings. The number of carbonyl (C=O) groups is 1. The molecule has 3 fully saturated rings. The highest BCUT2D eigenvalue weighted by atomic mass is 16.4. The molecule has 4 rings (SSSR count). The molecule has 4 atom stereocenters. The highest BCUT2D eigenvalue weighted by Crippen LogP contribution is 2.56. The van der Waals surface area contributed by atoms with E-state index in [1.54, 1.807) is 6.26 Å². The number of furan rings is 1. The molecule has 1 N–H and O–H groups in total. The summed E-state index contributed by atoms with van der Waals surface area (Å²) in [5.41, 5.74) is 0. The lowest BCUT2D eigenvalue weighted by Gasteiger charge is -2.31. The fourth-order valence-corrected chi connectivity index (χ4v) is 5.12. The van der Waals surface area contributed by atoms with E-state index in [0.29, 0.717) is 29.9 Å². The van der Waals surface area contributed by atoms with Crippen molar-refractivity contribution in [2.75, 3.05) is 6.54 Å². The highest BCUT2D eigenvalue weighted by Gasteiger charge is 2.56. The topological polar surface area (TPSA) is 53.7 Å².